The normalized spacial score (nSPS) is 20.1. The van der Waals surface area contributed by atoms with Crippen molar-refractivity contribution in [3.8, 4) is 5.88 Å². The Kier molecular flexibility index (Phi) is 3.88. The summed E-state index contributed by atoms with van der Waals surface area (Å²) >= 11 is 5.87. The molecule has 0 radical (unpaired) electrons. The Morgan fingerprint density at radius 2 is 2.44 bits per heavy atom. The summed E-state index contributed by atoms with van der Waals surface area (Å²) in [5.41, 5.74) is 0. The highest BCUT2D eigenvalue weighted by Gasteiger charge is 2.22. The van der Waals surface area contributed by atoms with Crippen LogP contribution >= 0.6 is 11.6 Å². The summed E-state index contributed by atoms with van der Waals surface area (Å²) in [4.78, 5) is 6.75. The van der Waals surface area contributed by atoms with E-state index in [1.807, 2.05) is 25.1 Å². The van der Waals surface area contributed by atoms with E-state index in [9.17, 15) is 0 Å². The van der Waals surface area contributed by atoms with Crippen molar-refractivity contribution in [2.45, 2.75) is 13.3 Å². The maximum atomic E-state index is 5.87. The third kappa shape index (κ3) is 2.59. The van der Waals surface area contributed by atoms with Gasteiger partial charge in [0.2, 0.25) is 5.88 Å². The second kappa shape index (κ2) is 5.39. The maximum absolute atomic E-state index is 5.87. The first kappa shape index (κ1) is 11.5. The molecule has 16 heavy (non-hydrogen) atoms. The van der Waals surface area contributed by atoms with Crippen LogP contribution in [0.1, 0.15) is 13.3 Å². The molecule has 1 saturated heterocycles. The van der Waals surface area contributed by atoms with Crippen molar-refractivity contribution in [3.63, 3.8) is 0 Å². The van der Waals surface area contributed by atoms with Gasteiger partial charge in [0.25, 0.3) is 0 Å². The fourth-order valence-corrected chi connectivity index (χ4v) is 2.23. The smallest absolute Gasteiger partial charge is 0.215 e. The number of anilines is 1. The van der Waals surface area contributed by atoms with E-state index in [1.165, 1.54) is 0 Å². The average Bonchev–Trinajstić information content (AvgIpc) is 2.78. The molecule has 88 valence electrons. The third-order valence-electron chi connectivity index (χ3n) is 2.83. The van der Waals surface area contributed by atoms with Crippen molar-refractivity contribution in [1.82, 2.24) is 4.98 Å². The molecule has 0 aromatic carbocycles. The number of nitrogens with zero attached hydrogens (tertiary/aromatic N) is 2. The van der Waals surface area contributed by atoms with Gasteiger partial charge in [-0.15, -0.1) is 11.6 Å². The van der Waals surface area contributed by atoms with Crippen LogP contribution in [0.25, 0.3) is 0 Å². The zero-order valence-electron chi connectivity index (χ0n) is 9.53. The van der Waals surface area contributed by atoms with Gasteiger partial charge in [-0.05, 0) is 25.3 Å². The molecule has 3 nitrogen and oxygen atoms in total. The molecule has 0 aliphatic carbocycles. The highest BCUT2D eigenvalue weighted by Crippen LogP contribution is 2.24. The fraction of sp³-hybridized carbons (Fsp3) is 0.583. The van der Waals surface area contributed by atoms with E-state index in [-0.39, 0.29) is 0 Å². The Bertz CT molecular complexity index is 346. The topological polar surface area (TPSA) is 25.4 Å². The summed E-state index contributed by atoms with van der Waals surface area (Å²) in [6.07, 6.45) is 1.16. The van der Waals surface area contributed by atoms with E-state index in [0.29, 0.717) is 18.4 Å². The first-order chi connectivity index (χ1) is 7.83. The van der Waals surface area contributed by atoms with E-state index in [0.717, 1.165) is 31.2 Å². The molecule has 0 spiro atoms. The highest BCUT2D eigenvalue weighted by molar-refractivity contribution is 6.18. The van der Waals surface area contributed by atoms with Gasteiger partial charge in [0.1, 0.15) is 5.82 Å². The molecule has 2 rings (SSSR count). The molecule has 0 N–H and O–H groups in total. The number of hydrogen-bond donors (Lipinski definition) is 0. The number of hydrogen-bond acceptors (Lipinski definition) is 3. The van der Waals surface area contributed by atoms with Gasteiger partial charge in [0, 0.05) is 25.0 Å². The van der Waals surface area contributed by atoms with Crippen molar-refractivity contribution in [2.24, 2.45) is 5.92 Å². The van der Waals surface area contributed by atoms with Crippen LogP contribution in [0.2, 0.25) is 0 Å². The summed E-state index contributed by atoms with van der Waals surface area (Å²) in [5, 5.41) is 0. The molecule has 2 heterocycles. The fourth-order valence-electron chi connectivity index (χ4n) is 1.98. The lowest BCUT2D eigenvalue weighted by molar-refractivity contribution is 0.327. The number of alkyl halides is 1. The molecule has 1 atom stereocenters. The van der Waals surface area contributed by atoms with Gasteiger partial charge in [-0.3, -0.25) is 0 Å². The summed E-state index contributed by atoms with van der Waals surface area (Å²) in [6.45, 7) is 4.67. The number of ether oxygens (including phenoxy) is 1. The largest absolute Gasteiger partial charge is 0.478 e. The Hall–Kier alpha value is -0.960. The Balaban J connectivity index is 2.06. The predicted molar refractivity (Wildman–Crippen MR) is 66.4 cm³/mol. The lowest BCUT2D eigenvalue weighted by Gasteiger charge is -2.17. The van der Waals surface area contributed by atoms with Gasteiger partial charge < -0.3 is 9.64 Å². The van der Waals surface area contributed by atoms with Gasteiger partial charge in [0.05, 0.1) is 6.61 Å². The molecule has 0 amide bonds. The molecular formula is C12H17ClN2O. The van der Waals surface area contributed by atoms with Gasteiger partial charge in [-0.1, -0.05) is 6.07 Å². The Morgan fingerprint density at radius 3 is 3.12 bits per heavy atom. The molecule has 1 fully saturated rings. The number of rotatable bonds is 4. The molecule has 1 unspecified atom stereocenters. The molecule has 4 heteroatoms. The molecule has 1 aromatic heterocycles. The van der Waals surface area contributed by atoms with Crippen molar-refractivity contribution in [2.75, 3.05) is 30.5 Å². The first-order valence-electron chi connectivity index (χ1n) is 5.74. The van der Waals surface area contributed by atoms with E-state index < -0.39 is 0 Å². The van der Waals surface area contributed by atoms with Crippen LogP contribution in [0.5, 0.6) is 5.88 Å². The molecule has 1 aromatic rings. The van der Waals surface area contributed by atoms with Crippen LogP contribution in [0.3, 0.4) is 0 Å². The lowest BCUT2D eigenvalue weighted by atomic mass is 10.2. The van der Waals surface area contributed by atoms with E-state index in [4.69, 9.17) is 16.3 Å². The monoisotopic (exact) mass is 240 g/mol. The average molecular weight is 241 g/mol. The minimum Gasteiger partial charge on any atom is -0.478 e. The summed E-state index contributed by atoms with van der Waals surface area (Å²) < 4.78 is 5.40. The number of pyridine rings is 1. The van der Waals surface area contributed by atoms with E-state index in [2.05, 4.69) is 9.88 Å². The van der Waals surface area contributed by atoms with Crippen molar-refractivity contribution < 1.29 is 4.74 Å². The minimum absolute atomic E-state index is 0.596. The zero-order chi connectivity index (χ0) is 11.4. The molecule has 0 saturated carbocycles. The SMILES string of the molecule is CCOc1cccc(N2CCC(CCl)C2)n1. The number of halogens is 1. The van der Waals surface area contributed by atoms with Crippen LogP contribution in [-0.2, 0) is 0 Å². The second-order valence-corrected chi connectivity index (χ2v) is 4.33. The summed E-state index contributed by atoms with van der Waals surface area (Å²) in [7, 11) is 0. The van der Waals surface area contributed by atoms with Gasteiger partial charge >= 0.3 is 0 Å². The van der Waals surface area contributed by atoms with Crippen LogP contribution in [0.15, 0.2) is 18.2 Å². The Morgan fingerprint density at radius 1 is 1.56 bits per heavy atom. The zero-order valence-corrected chi connectivity index (χ0v) is 10.3. The quantitative estimate of drug-likeness (QED) is 0.757. The third-order valence-corrected chi connectivity index (χ3v) is 3.27. The van der Waals surface area contributed by atoms with E-state index in [1.54, 1.807) is 0 Å². The Labute approximate surface area is 101 Å². The summed E-state index contributed by atoms with van der Waals surface area (Å²) in [6, 6.07) is 5.91. The lowest BCUT2D eigenvalue weighted by Crippen LogP contribution is -2.21. The second-order valence-electron chi connectivity index (χ2n) is 4.02. The van der Waals surface area contributed by atoms with Gasteiger partial charge in [-0.25, -0.2) is 0 Å². The van der Waals surface area contributed by atoms with Crippen molar-refractivity contribution >= 4 is 17.4 Å². The van der Waals surface area contributed by atoms with Gasteiger partial charge in [0.15, 0.2) is 0 Å². The van der Waals surface area contributed by atoms with Gasteiger partial charge in [-0.2, -0.15) is 4.98 Å². The van der Waals surface area contributed by atoms with E-state index >= 15 is 0 Å². The summed E-state index contributed by atoms with van der Waals surface area (Å²) in [5.74, 6) is 3.04. The minimum atomic E-state index is 0.596. The van der Waals surface area contributed by atoms with Crippen molar-refractivity contribution in [3.05, 3.63) is 18.2 Å². The van der Waals surface area contributed by atoms with Crippen LogP contribution < -0.4 is 9.64 Å². The maximum Gasteiger partial charge on any atom is 0.215 e. The van der Waals surface area contributed by atoms with Crippen molar-refractivity contribution in [1.29, 1.82) is 0 Å². The molecule has 1 aliphatic rings. The number of aromatic nitrogens is 1. The highest BCUT2D eigenvalue weighted by atomic mass is 35.5. The predicted octanol–water partition coefficient (Wildman–Crippen LogP) is 2.55. The standard InChI is InChI=1S/C12H17ClN2O/c1-2-16-12-5-3-4-11(14-12)15-7-6-10(8-13)9-15/h3-5,10H,2,6-9H2,1H3. The van der Waals surface area contributed by atoms with Crippen LogP contribution in [0, 0.1) is 5.92 Å². The molecule has 1 aliphatic heterocycles. The van der Waals surface area contributed by atoms with Crippen LogP contribution in [-0.4, -0.2) is 30.6 Å². The van der Waals surface area contributed by atoms with Crippen LogP contribution in [0.4, 0.5) is 5.82 Å². The molecular weight excluding hydrogens is 224 g/mol. The first-order valence-corrected chi connectivity index (χ1v) is 6.27. The molecule has 0 bridgehead atoms.